The number of sulfone groups is 1. The van der Waals surface area contributed by atoms with Crippen molar-refractivity contribution in [3.63, 3.8) is 0 Å². The van der Waals surface area contributed by atoms with Crippen LogP contribution in [0.25, 0.3) is 0 Å². The van der Waals surface area contributed by atoms with Gasteiger partial charge >= 0.3 is 0 Å². The van der Waals surface area contributed by atoms with Crippen LogP contribution in [0.5, 0.6) is 0 Å². The molecule has 2 rings (SSSR count). The number of amides is 1. The highest BCUT2D eigenvalue weighted by molar-refractivity contribution is 7.90. The Kier molecular flexibility index (Phi) is 4.77. The minimum atomic E-state index is -3.00. The number of rotatable bonds is 5. The van der Waals surface area contributed by atoms with Crippen LogP contribution in [0.15, 0.2) is 0 Å². The number of hydrogen-bond acceptors (Lipinski definition) is 6. The molecule has 0 aliphatic carbocycles. The normalized spacial score (nSPS) is 15.9. The predicted molar refractivity (Wildman–Crippen MR) is 79.7 cm³/mol. The number of carbonyl (C=O) groups excluding carboxylic acids is 1. The van der Waals surface area contributed by atoms with Gasteiger partial charge in [0.05, 0.1) is 11.4 Å². The van der Waals surface area contributed by atoms with Gasteiger partial charge in [-0.3, -0.25) is 4.79 Å². The Balaban J connectivity index is 1.86. The maximum atomic E-state index is 11.7. The molecular weight excluding hydrogens is 298 g/mol. The van der Waals surface area contributed by atoms with Crippen molar-refractivity contribution in [1.29, 1.82) is 0 Å². The number of likely N-dealkylation sites (N-methyl/N-ethyl adjacent to an activating group) is 1. The Morgan fingerprint density at radius 3 is 2.95 bits per heavy atom. The largest absolute Gasteiger partial charge is 0.302 e. The quantitative estimate of drug-likeness (QED) is 0.872. The third-order valence-electron chi connectivity index (χ3n) is 3.09. The SMILES string of the molecule is CN1CCc2nc(NC(=O)CCCS(C)(=O)=O)sc2C1. The zero-order valence-corrected chi connectivity index (χ0v) is 13.3. The number of aromatic nitrogens is 1. The number of thiazole rings is 1. The van der Waals surface area contributed by atoms with Crippen LogP contribution in [0.4, 0.5) is 5.13 Å². The summed E-state index contributed by atoms with van der Waals surface area (Å²) >= 11 is 1.50. The molecule has 1 aliphatic heterocycles. The van der Waals surface area contributed by atoms with E-state index in [0.29, 0.717) is 11.6 Å². The molecule has 2 heterocycles. The zero-order valence-electron chi connectivity index (χ0n) is 11.7. The molecule has 1 N–H and O–H groups in total. The first kappa shape index (κ1) is 15.4. The van der Waals surface area contributed by atoms with Crippen LogP contribution in [-0.4, -0.2) is 49.8 Å². The Morgan fingerprint density at radius 1 is 1.50 bits per heavy atom. The molecule has 0 bridgehead atoms. The van der Waals surface area contributed by atoms with Crippen LogP contribution in [0.3, 0.4) is 0 Å². The molecule has 0 radical (unpaired) electrons. The summed E-state index contributed by atoms with van der Waals surface area (Å²) in [7, 11) is -0.938. The van der Waals surface area contributed by atoms with E-state index in [9.17, 15) is 13.2 Å². The zero-order chi connectivity index (χ0) is 14.8. The third kappa shape index (κ3) is 4.53. The molecular formula is C12H19N3O3S2. The average molecular weight is 317 g/mol. The number of nitrogens with zero attached hydrogens (tertiary/aromatic N) is 2. The summed E-state index contributed by atoms with van der Waals surface area (Å²) in [5, 5.41) is 3.38. The summed E-state index contributed by atoms with van der Waals surface area (Å²) in [5.74, 6) is -0.132. The molecule has 20 heavy (non-hydrogen) atoms. The summed E-state index contributed by atoms with van der Waals surface area (Å²) in [6, 6.07) is 0. The third-order valence-corrected chi connectivity index (χ3v) is 5.12. The topological polar surface area (TPSA) is 79.4 Å². The second-order valence-electron chi connectivity index (χ2n) is 5.16. The van der Waals surface area contributed by atoms with E-state index in [1.165, 1.54) is 22.5 Å². The van der Waals surface area contributed by atoms with Crippen molar-refractivity contribution < 1.29 is 13.2 Å². The minimum absolute atomic E-state index is 0.0413. The minimum Gasteiger partial charge on any atom is -0.302 e. The monoisotopic (exact) mass is 317 g/mol. The first-order valence-electron chi connectivity index (χ1n) is 6.48. The van der Waals surface area contributed by atoms with E-state index in [-0.39, 0.29) is 18.1 Å². The predicted octanol–water partition coefficient (Wildman–Crippen LogP) is 0.894. The van der Waals surface area contributed by atoms with Gasteiger partial charge in [-0.05, 0) is 13.5 Å². The fraction of sp³-hybridized carbons (Fsp3) is 0.667. The van der Waals surface area contributed by atoms with Gasteiger partial charge in [-0.15, -0.1) is 11.3 Å². The van der Waals surface area contributed by atoms with Crippen LogP contribution in [0, 0.1) is 0 Å². The van der Waals surface area contributed by atoms with E-state index < -0.39 is 9.84 Å². The van der Waals surface area contributed by atoms with Crippen molar-refractivity contribution in [1.82, 2.24) is 9.88 Å². The van der Waals surface area contributed by atoms with Crippen molar-refractivity contribution in [2.24, 2.45) is 0 Å². The lowest BCUT2D eigenvalue weighted by Gasteiger charge is -2.20. The number of hydrogen-bond donors (Lipinski definition) is 1. The van der Waals surface area contributed by atoms with Crippen LogP contribution in [-0.2, 0) is 27.6 Å². The number of carbonyl (C=O) groups is 1. The van der Waals surface area contributed by atoms with Gasteiger partial charge in [0, 0.05) is 37.1 Å². The van der Waals surface area contributed by atoms with E-state index in [4.69, 9.17) is 0 Å². The van der Waals surface area contributed by atoms with Gasteiger partial charge in [-0.25, -0.2) is 13.4 Å². The molecule has 6 nitrogen and oxygen atoms in total. The first-order valence-corrected chi connectivity index (χ1v) is 9.36. The lowest BCUT2D eigenvalue weighted by molar-refractivity contribution is -0.116. The average Bonchev–Trinajstić information content (AvgIpc) is 2.68. The molecule has 0 fully saturated rings. The van der Waals surface area contributed by atoms with Crippen LogP contribution in [0.1, 0.15) is 23.4 Å². The second-order valence-corrected chi connectivity index (χ2v) is 8.50. The number of fused-ring (bicyclic) bond motifs is 1. The Morgan fingerprint density at radius 2 is 2.25 bits per heavy atom. The molecule has 1 amide bonds. The molecule has 0 saturated carbocycles. The van der Waals surface area contributed by atoms with Gasteiger partial charge in [0.1, 0.15) is 9.84 Å². The van der Waals surface area contributed by atoms with Crippen molar-refractivity contribution in [3.8, 4) is 0 Å². The highest BCUT2D eigenvalue weighted by Gasteiger charge is 2.19. The first-order chi connectivity index (χ1) is 9.33. The summed E-state index contributed by atoms with van der Waals surface area (Å²) in [6.45, 7) is 1.86. The highest BCUT2D eigenvalue weighted by Crippen LogP contribution is 2.27. The van der Waals surface area contributed by atoms with E-state index in [2.05, 4.69) is 22.2 Å². The Bertz CT molecular complexity index is 595. The fourth-order valence-corrected chi connectivity index (χ4v) is 3.83. The second kappa shape index (κ2) is 6.19. The van der Waals surface area contributed by atoms with Gasteiger partial charge < -0.3 is 10.2 Å². The van der Waals surface area contributed by atoms with Gasteiger partial charge in [0.15, 0.2) is 5.13 Å². The maximum absolute atomic E-state index is 11.7. The summed E-state index contributed by atoms with van der Waals surface area (Å²) in [4.78, 5) is 19.6. The molecule has 1 aliphatic rings. The summed E-state index contributed by atoms with van der Waals surface area (Å²) in [5.41, 5.74) is 1.07. The lowest BCUT2D eigenvalue weighted by atomic mass is 10.2. The van der Waals surface area contributed by atoms with E-state index in [1.54, 1.807) is 0 Å². The number of anilines is 1. The van der Waals surface area contributed by atoms with Crippen LogP contribution in [0.2, 0.25) is 0 Å². The van der Waals surface area contributed by atoms with Gasteiger partial charge in [0.25, 0.3) is 0 Å². The van der Waals surface area contributed by atoms with Gasteiger partial charge in [-0.1, -0.05) is 0 Å². The summed E-state index contributed by atoms with van der Waals surface area (Å²) < 4.78 is 22.0. The summed E-state index contributed by atoms with van der Waals surface area (Å²) in [6.07, 6.45) is 2.64. The molecule has 0 atom stereocenters. The molecule has 0 spiro atoms. The van der Waals surface area contributed by atoms with Crippen molar-refractivity contribution in [2.75, 3.05) is 30.9 Å². The molecule has 0 unspecified atom stereocenters. The van der Waals surface area contributed by atoms with Gasteiger partial charge in [-0.2, -0.15) is 0 Å². The van der Waals surface area contributed by atoms with Crippen molar-refractivity contribution in [2.45, 2.75) is 25.8 Å². The van der Waals surface area contributed by atoms with Gasteiger partial charge in [0.2, 0.25) is 5.91 Å². The Labute approximate surface area is 123 Å². The molecule has 1 aromatic rings. The van der Waals surface area contributed by atoms with E-state index in [0.717, 1.165) is 25.2 Å². The van der Waals surface area contributed by atoms with Crippen LogP contribution < -0.4 is 5.32 Å². The maximum Gasteiger partial charge on any atom is 0.226 e. The molecule has 1 aromatic heterocycles. The smallest absolute Gasteiger partial charge is 0.226 e. The van der Waals surface area contributed by atoms with Crippen LogP contribution >= 0.6 is 11.3 Å². The molecule has 112 valence electrons. The molecule has 0 aromatic carbocycles. The lowest BCUT2D eigenvalue weighted by Crippen LogP contribution is -2.25. The van der Waals surface area contributed by atoms with E-state index >= 15 is 0 Å². The van der Waals surface area contributed by atoms with E-state index in [1.807, 2.05) is 0 Å². The highest BCUT2D eigenvalue weighted by atomic mass is 32.2. The van der Waals surface area contributed by atoms with Crippen molar-refractivity contribution >= 4 is 32.2 Å². The molecule has 0 saturated heterocycles. The number of nitrogens with one attached hydrogen (secondary N) is 1. The Hall–Kier alpha value is -0.990. The van der Waals surface area contributed by atoms with Crippen molar-refractivity contribution in [3.05, 3.63) is 10.6 Å². The fourth-order valence-electron chi connectivity index (χ4n) is 2.05. The standard InChI is InChI=1S/C12H19N3O3S2/c1-15-6-5-9-10(8-15)19-12(13-9)14-11(16)4-3-7-20(2,17)18/h3-8H2,1-2H3,(H,13,14,16). The molecule has 8 heteroatoms.